The number of methoxy groups -OCH3 is 2. The van der Waals surface area contributed by atoms with Gasteiger partial charge in [-0.1, -0.05) is 84.9 Å². The van der Waals surface area contributed by atoms with Crippen LogP contribution in [0.2, 0.25) is 0 Å². The van der Waals surface area contributed by atoms with Gasteiger partial charge in [0.05, 0.1) is 36.8 Å². The highest BCUT2D eigenvalue weighted by atomic mass is 16.7. The number of aryl methyl sites for hydroxylation is 2. The highest BCUT2D eigenvalue weighted by Crippen LogP contribution is 2.45. The number of rotatable bonds is 12. The van der Waals surface area contributed by atoms with E-state index in [-0.39, 0.29) is 18.3 Å². The molecule has 0 aromatic heterocycles. The molecule has 64 heavy (non-hydrogen) atoms. The number of azo groups is 2. The van der Waals surface area contributed by atoms with Crippen LogP contribution in [-0.4, -0.2) is 40.0 Å². The zero-order valence-corrected chi connectivity index (χ0v) is 36.3. The Labute approximate surface area is 370 Å². The molecule has 0 spiro atoms. The fourth-order valence-electron chi connectivity index (χ4n) is 8.17. The molecule has 0 radical (unpaired) electrons. The lowest BCUT2D eigenvalue weighted by Crippen LogP contribution is -2.26. The number of fused-ring (bicyclic) bond motifs is 5. The van der Waals surface area contributed by atoms with Crippen molar-refractivity contribution in [1.82, 2.24) is 0 Å². The number of nitrogens with zero attached hydrogens (tertiary/aromatic N) is 6. The Hall–Kier alpha value is -8.02. The maximum absolute atomic E-state index is 14.1. The summed E-state index contributed by atoms with van der Waals surface area (Å²) in [5.74, 6) is 0.436. The lowest BCUT2D eigenvalue weighted by Gasteiger charge is -2.21. The van der Waals surface area contributed by atoms with Gasteiger partial charge in [-0.05, 0) is 108 Å². The van der Waals surface area contributed by atoms with Crippen LogP contribution in [0.15, 0.2) is 166 Å². The molecule has 316 valence electrons. The van der Waals surface area contributed by atoms with Crippen molar-refractivity contribution in [3.63, 3.8) is 0 Å². The fourth-order valence-corrected chi connectivity index (χ4v) is 8.17. The van der Waals surface area contributed by atoms with Crippen LogP contribution in [0, 0.1) is 13.8 Å². The highest BCUT2D eigenvalue weighted by Gasteiger charge is 2.28. The summed E-state index contributed by atoms with van der Waals surface area (Å²) < 4.78 is 11.8. The van der Waals surface area contributed by atoms with Crippen molar-refractivity contribution in [1.29, 1.82) is 0 Å². The van der Waals surface area contributed by atoms with Crippen molar-refractivity contribution in [3.05, 3.63) is 179 Å². The molecule has 9 rings (SSSR count). The Kier molecular flexibility index (Phi) is 11.2. The van der Waals surface area contributed by atoms with E-state index in [1.807, 2.05) is 148 Å². The zero-order chi connectivity index (χ0) is 44.5. The van der Waals surface area contributed by atoms with E-state index < -0.39 is 0 Å². The minimum atomic E-state index is -0.252. The number of carbonyl (C=O) groups excluding carboxylic acids is 2. The molecule has 1 aliphatic rings. The number of ether oxygens (including phenoxy) is 2. The summed E-state index contributed by atoms with van der Waals surface area (Å²) in [4.78, 5) is 35.9. The SMILES string of the molecule is COc1c(CON(C)c2cccc(C)c2)cc2ccccc2c1N=Nc1ccc2c(c1)C(=O)c1cc(N=Nc3c(OC)c(C(=O)N(C)c4cccc(C)c4)cc4ccccc34)ccc1-2. The van der Waals surface area contributed by atoms with Crippen LogP contribution in [0.1, 0.15) is 43.0 Å². The Morgan fingerprint density at radius 1 is 0.547 bits per heavy atom. The van der Waals surface area contributed by atoms with Crippen molar-refractivity contribution in [2.45, 2.75) is 20.5 Å². The number of hydrogen-bond acceptors (Lipinski definition) is 10. The molecule has 0 saturated heterocycles. The Morgan fingerprint density at radius 3 is 1.66 bits per heavy atom. The molecule has 0 N–H and O–H groups in total. The number of anilines is 2. The van der Waals surface area contributed by atoms with Crippen LogP contribution in [0.4, 0.5) is 34.1 Å². The van der Waals surface area contributed by atoms with E-state index in [2.05, 4.69) is 21.4 Å². The summed E-state index contributed by atoms with van der Waals surface area (Å²) in [6.07, 6.45) is 0. The van der Waals surface area contributed by atoms with E-state index in [1.54, 1.807) is 36.3 Å². The summed E-state index contributed by atoms with van der Waals surface area (Å²) in [5, 5.41) is 23.8. The molecule has 0 unspecified atom stereocenters. The van der Waals surface area contributed by atoms with E-state index in [0.717, 1.165) is 60.7 Å². The van der Waals surface area contributed by atoms with Crippen LogP contribution >= 0.6 is 0 Å². The molecular formula is C53H44N6O5. The van der Waals surface area contributed by atoms with Crippen LogP contribution in [0.25, 0.3) is 32.7 Å². The second kappa shape index (κ2) is 17.4. The predicted octanol–water partition coefficient (Wildman–Crippen LogP) is 13.5. The van der Waals surface area contributed by atoms with Crippen LogP contribution < -0.4 is 19.4 Å². The van der Waals surface area contributed by atoms with Gasteiger partial charge in [0, 0.05) is 47.2 Å². The number of ketones is 1. The molecule has 0 bridgehead atoms. The first-order valence-corrected chi connectivity index (χ1v) is 20.7. The third kappa shape index (κ3) is 7.84. The second-order valence-electron chi connectivity index (χ2n) is 15.7. The zero-order valence-electron chi connectivity index (χ0n) is 36.3. The highest BCUT2D eigenvalue weighted by molar-refractivity contribution is 6.22. The molecule has 8 aromatic carbocycles. The van der Waals surface area contributed by atoms with E-state index in [1.165, 1.54) is 7.11 Å². The first-order valence-electron chi connectivity index (χ1n) is 20.7. The molecule has 8 aromatic rings. The molecular weight excluding hydrogens is 801 g/mol. The number of amides is 1. The average Bonchev–Trinajstić information content (AvgIpc) is 3.59. The molecule has 0 heterocycles. The quantitative estimate of drug-likeness (QED) is 0.0892. The Bertz CT molecular complexity index is 3210. The summed E-state index contributed by atoms with van der Waals surface area (Å²) >= 11 is 0. The third-order valence-electron chi connectivity index (χ3n) is 11.5. The topological polar surface area (TPSA) is 118 Å². The molecule has 0 aliphatic heterocycles. The van der Waals surface area contributed by atoms with Gasteiger partial charge in [-0.2, -0.15) is 10.2 Å². The van der Waals surface area contributed by atoms with Crippen molar-refractivity contribution >= 4 is 67.4 Å². The van der Waals surface area contributed by atoms with Gasteiger partial charge in [-0.25, -0.2) is 0 Å². The van der Waals surface area contributed by atoms with Gasteiger partial charge in [0.25, 0.3) is 5.91 Å². The van der Waals surface area contributed by atoms with Gasteiger partial charge < -0.3 is 14.4 Å². The molecule has 0 atom stereocenters. The number of benzene rings is 8. The fraction of sp³-hybridized carbons (Fsp3) is 0.132. The van der Waals surface area contributed by atoms with Crippen LogP contribution in [0.3, 0.4) is 0 Å². The second-order valence-corrected chi connectivity index (χ2v) is 15.7. The van der Waals surface area contributed by atoms with Gasteiger partial charge in [0.2, 0.25) is 0 Å². The van der Waals surface area contributed by atoms with Crippen molar-refractivity contribution in [2.24, 2.45) is 20.5 Å². The predicted molar refractivity (Wildman–Crippen MR) is 253 cm³/mol. The maximum Gasteiger partial charge on any atom is 0.261 e. The maximum atomic E-state index is 14.1. The first-order chi connectivity index (χ1) is 31.1. The third-order valence-corrected chi connectivity index (χ3v) is 11.5. The Morgan fingerprint density at radius 2 is 1.08 bits per heavy atom. The molecule has 1 aliphatic carbocycles. The summed E-state index contributed by atoms with van der Waals surface area (Å²) in [6, 6.07) is 46.2. The first kappa shape index (κ1) is 41.3. The van der Waals surface area contributed by atoms with Crippen LogP contribution in [-0.2, 0) is 11.4 Å². The molecule has 1 amide bonds. The molecule has 11 heteroatoms. The summed E-state index contributed by atoms with van der Waals surface area (Å²) in [7, 11) is 6.74. The van der Waals surface area contributed by atoms with Crippen LogP contribution in [0.5, 0.6) is 11.5 Å². The standard InChI is InChI=1S/C53H44N6O5/c1-32-13-11-17-39(25-32)58(3)53(61)47-28-35-16-8-10-20-42(35)49(52(47)63-6)57-55-38-22-24-44-43-23-21-37(29-45(43)50(60)46(44)30-38)54-56-48-41-19-9-7-15-34(41)27-36(51(48)62-5)31-64-59(4)40-18-12-14-33(2)26-40/h7-30H,31H2,1-6H3. The van der Waals surface area contributed by atoms with Crippen molar-refractivity contribution in [2.75, 3.05) is 38.3 Å². The van der Waals surface area contributed by atoms with Gasteiger partial charge in [-0.3, -0.25) is 19.5 Å². The van der Waals surface area contributed by atoms with Gasteiger partial charge in [0.15, 0.2) is 17.3 Å². The Balaban J connectivity index is 0.995. The average molecular weight is 845 g/mol. The van der Waals surface area contributed by atoms with E-state index in [4.69, 9.17) is 19.4 Å². The lowest BCUT2D eigenvalue weighted by atomic mass is 10.0. The summed E-state index contributed by atoms with van der Waals surface area (Å²) in [5.41, 5.74) is 9.53. The molecule has 11 nitrogen and oxygen atoms in total. The summed E-state index contributed by atoms with van der Waals surface area (Å²) in [6.45, 7) is 4.26. The van der Waals surface area contributed by atoms with Crippen molar-refractivity contribution in [3.8, 4) is 22.6 Å². The van der Waals surface area contributed by atoms with Crippen molar-refractivity contribution < 1.29 is 23.9 Å². The van der Waals surface area contributed by atoms with E-state index in [9.17, 15) is 9.59 Å². The van der Waals surface area contributed by atoms with E-state index >= 15 is 0 Å². The smallest absolute Gasteiger partial charge is 0.261 e. The molecule has 0 fully saturated rings. The van der Waals surface area contributed by atoms with Gasteiger partial charge >= 0.3 is 0 Å². The van der Waals surface area contributed by atoms with Gasteiger partial charge in [-0.15, -0.1) is 10.2 Å². The monoisotopic (exact) mass is 844 g/mol. The number of carbonyl (C=O) groups is 2. The van der Waals surface area contributed by atoms with Gasteiger partial charge in [0.1, 0.15) is 18.0 Å². The number of hydrogen-bond donors (Lipinski definition) is 0. The van der Waals surface area contributed by atoms with E-state index in [0.29, 0.717) is 50.9 Å². The minimum Gasteiger partial charge on any atom is -0.494 e. The molecule has 0 saturated carbocycles. The normalized spacial score (nSPS) is 12.0. The lowest BCUT2D eigenvalue weighted by molar-refractivity contribution is 0.0989. The largest absolute Gasteiger partial charge is 0.494 e. The number of hydroxylamine groups is 1. The minimum absolute atomic E-state index is 0.159.